The van der Waals surface area contributed by atoms with Crippen LogP contribution >= 0.6 is 11.3 Å². The van der Waals surface area contributed by atoms with Crippen molar-refractivity contribution in [2.45, 2.75) is 19.8 Å². The monoisotopic (exact) mass is 249 g/mol. The summed E-state index contributed by atoms with van der Waals surface area (Å²) in [5.41, 5.74) is 1.21. The Labute approximate surface area is 103 Å². The molecule has 0 unspecified atom stereocenters. The first-order valence-electron chi connectivity index (χ1n) is 5.31. The minimum absolute atomic E-state index is 0.220. The number of carbonyl (C=O) groups is 1. The fraction of sp³-hybridized carbons (Fsp3) is 0.250. The topological polar surface area (TPSA) is 53.8 Å². The van der Waals surface area contributed by atoms with Gasteiger partial charge < -0.3 is 0 Å². The number of thiazole rings is 1. The summed E-state index contributed by atoms with van der Waals surface area (Å²) >= 11 is 0.920. The maximum Gasteiger partial charge on any atom is 0.390 e. The van der Waals surface area contributed by atoms with Gasteiger partial charge in [0.05, 0.1) is 12.4 Å². The van der Waals surface area contributed by atoms with E-state index in [0.29, 0.717) is 22.9 Å². The van der Waals surface area contributed by atoms with Crippen LogP contribution in [-0.2, 0) is 0 Å². The van der Waals surface area contributed by atoms with E-state index < -0.39 is 0 Å². The van der Waals surface area contributed by atoms with Crippen molar-refractivity contribution in [2.75, 3.05) is 0 Å². The Balaban J connectivity index is 2.46. The molecule has 0 aliphatic rings. The lowest BCUT2D eigenvalue weighted by molar-refractivity contribution is -0.599. The van der Waals surface area contributed by atoms with Crippen molar-refractivity contribution in [3.05, 3.63) is 44.6 Å². The average Bonchev–Trinajstić information content (AvgIpc) is 2.70. The Hall–Kier alpha value is -1.75. The van der Waals surface area contributed by atoms with E-state index in [4.69, 9.17) is 0 Å². The number of carbonyl (C=O) groups excluding carboxylic acids is 1. The normalized spacial score (nSPS) is 10.8. The molecule has 2 aromatic heterocycles. The van der Waals surface area contributed by atoms with Crippen LogP contribution in [0.4, 0.5) is 0 Å². The highest BCUT2D eigenvalue weighted by atomic mass is 32.1. The van der Waals surface area contributed by atoms with Gasteiger partial charge in [0.15, 0.2) is 11.2 Å². The molecule has 0 aliphatic heterocycles. The second-order valence-electron chi connectivity index (χ2n) is 4.04. The summed E-state index contributed by atoms with van der Waals surface area (Å²) in [5.74, 6) is 0.988. The number of nitrogens with one attached hydrogen (secondary N) is 1. The van der Waals surface area contributed by atoms with Crippen molar-refractivity contribution < 1.29 is 9.36 Å². The van der Waals surface area contributed by atoms with Gasteiger partial charge in [0, 0.05) is 0 Å². The number of H-pyrrole nitrogens is 1. The van der Waals surface area contributed by atoms with Crippen molar-refractivity contribution in [3.8, 4) is 5.82 Å². The summed E-state index contributed by atoms with van der Waals surface area (Å²) in [6.07, 6.45) is 4.39. The molecule has 0 amide bonds. The molecule has 0 fully saturated rings. The Morgan fingerprint density at radius 2 is 2.00 bits per heavy atom. The summed E-state index contributed by atoms with van der Waals surface area (Å²) in [5, 5.41) is 0. The first-order valence-corrected chi connectivity index (χ1v) is 6.13. The molecule has 0 bridgehead atoms. The number of aromatic nitrogens is 2. The molecule has 4 nitrogen and oxygen atoms in total. The molecule has 0 atom stereocenters. The molecule has 88 valence electrons. The predicted molar refractivity (Wildman–Crippen MR) is 65.9 cm³/mol. The predicted octanol–water partition coefficient (Wildman–Crippen LogP) is 1.65. The van der Waals surface area contributed by atoms with Crippen molar-refractivity contribution >= 4 is 17.6 Å². The lowest BCUT2D eigenvalue weighted by atomic mass is 10.1. The first kappa shape index (κ1) is 11.7. The molecule has 0 spiro atoms. The van der Waals surface area contributed by atoms with Gasteiger partial charge in [-0.2, -0.15) is 4.98 Å². The van der Waals surface area contributed by atoms with Crippen molar-refractivity contribution in [2.24, 2.45) is 0 Å². The van der Waals surface area contributed by atoms with E-state index in [2.05, 4.69) is 18.8 Å². The molecule has 0 aromatic carbocycles. The van der Waals surface area contributed by atoms with Crippen LogP contribution in [0, 0.1) is 0 Å². The molecule has 0 radical (unpaired) electrons. The fourth-order valence-electron chi connectivity index (χ4n) is 1.58. The maximum atomic E-state index is 11.2. The second kappa shape index (κ2) is 4.63. The number of nitrogens with zero attached hydrogens (tertiary/aromatic N) is 1. The Morgan fingerprint density at radius 1 is 1.35 bits per heavy atom. The molecular formula is C12H13N2O2S+. The molecular weight excluding hydrogens is 236 g/mol. The van der Waals surface area contributed by atoms with Crippen molar-refractivity contribution in [1.82, 2.24) is 4.98 Å². The zero-order chi connectivity index (χ0) is 12.4. The third-order valence-electron chi connectivity index (χ3n) is 2.54. The highest BCUT2D eigenvalue weighted by Crippen LogP contribution is 2.12. The number of aromatic amines is 1. The van der Waals surface area contributed by atoms with Crippen LogP contribution in [-0.4, -0.2) is 11.3 Å². The van der Waals surface area contributed by atoms with Gasteiger partial charge in [-0.05, 0) is 35.0 Å². The van der Waals surface area contributed by atoms with Gasteiger partial charge in [-0.15, -0.1) is 0 Å². The highest BCUT2D eigenvalue weighted by molar-refractivity contribution is 7.11. The van der Waals surface area contributed by atoms with E-state index in [-0.39, 0.29) is 4.87 Å². The third-order valence-corrected chi connectivity index (χ3v) is 3.34. The molecule has 2 aromatic rings. The van der Waals surface area contributed by atoms with Crippen LogP contribution in [0.25, 0.3) is 5.82 Å². The smallest absolute Gasteiger partial charge is 0.297 e. The van der Waals surface area contributed by atoms with Gasteiger partial charge in [0.2, 0.25) is 0 Å². The lowest BCUT2D eigenvalue weighted by Gasteiger charge is -2.03. The largest absolute Gasteiger partial charge is 0.390 e. The summed E-state index contributed by atoms with van der Waals surface area (Å²) in [4.78, 5) is 24.9. The SMILES string of the molecule is CC(C)c1cc[n+](-c2[nH]c(=O)sc2C=O)cc1. The second-order valence-corrected chi connectivity index (χ2v) is 5.05. The lowest BCUT2D eigenvalue weighted by Crippen LogP contribution is -2.32. The van der Waals surface area contributed by atoms with E-state index >= 15 is 0 Å². The number of aldehydes is 1. The van der Waals surface area contributed by atoms with Gasteiger partial charge in [0.25, 0.3) is 0 Å². The Morgan fingerprint density at radius 3 is 2.53 bits per heavy atom. The van der Waals surface area contributed by atoms with Crippen molar-refractivity contribution in [1.29, 1.82) is 0 Å². The van der Waals surface area contributed by atoms with E-state index in [1.54, 1.807) is 4.57 Å². The minimum Gasteiger partial charge on any atom is -0.297 e. The fourth-order valence-corrected chi connectivity index (χ4v) is 2.22. The zero-order valence-electron chi connectivity index (χ0n) is 9.64. The maximum absolute atomic E-state index is 11.2. The molecule has 1 N–H and O–H groups in total. The standard InChI is InChI=1S/C12H12N2O2S/c1-8(2)9-3-5-14(6-4-9)11-10(7-15)17-12(16)13-11/h3-8H,1-2H3/p+1. The van der Waals surface area contributed by atoms with E-state index in [1.165, 1.54) is 5.56 Å². The van der Waals surface area contributed by atoms with Crippen LogP contribution in [0.1, 0.15) is 35.0 Å². The molecule has 2 heterocycles. The van der Waals surface area contributed by atoms with Gasteiger partial charge in [-0.3, -0.25) is 4.79 Å². The molecule has 0 aliphatic carbocycles. The summed E-state index contributed by atoms with van der Waals surface area (Å²) in [6, 6.07) is 3.96. The van der Waals surface area contributed by atoms with Crippen LogP contribution < -0.4 is 9.44 Å². The Bertz CT molecular complexity index is 581. The molecule has 0 saturated heterocycles. The van der Waals surface area contributed by atoms with Crippen LogP contribution in [0.3, 0.4) is 0 Å². The summed E-state index contributed by atoms with van der Waals surface area (Å²) in [7, 11) is 0. The quantitative estimate of drug-likeness (QED) is 0.664. The average molecular weight is 249 g/mol. The van der Waals surface area contributed by atoms with Gasteiger partial charge in [-0.25, -0.2) is 9.36 Å². The van der Waals surface area contributed by atoms with E-state index in [0.717, 1.165) is 11.3 Å². The first-order chi connectivity index (χ1) is 8.11. The zero-order valence-corrected chi connectivity index (χ0v) is 10.5. The van der Waals surface area contributed by atoms with E-state index in [9.17, 15) is 9.59 Å². The van der Waals surface area contributed by atoms with Gasteiger partial charge >= 0.3 is 10.7 Å². The molecule has 17 heavy (non-hydrogen) atoms. The molecule has 2 rings (SSSR count). The van der Waals surface area contributed by atoms with Crippen LogP contribution in [0.2, 0.25) is 0 Å². The number of hydrogen-bond acceptors (Lipinski definition) is 3. The van der Waals surface area contributed by atoms with Gasteiger partial charge in [-0.1, -0.05) is 13.8 Å². The number of rotatable bonds is 3. The minimum atomic E-state index is -0.220. The summed E-state index contributed by atoms with van der Waals surface area (Å²) in [6.45, 7) is 4.23. The van der Waals surface area contributed by atoms with Crippen LogP contribution in [0.5, 0.6) is 0 Å². The third kappa shape index (κ3) is 2.34. The molecule has 5 heteroatoms. The number of hydrogen-bond donors (Lipinski definition) is 1. The molecule has 0 saturated carbocycles. The summed E-state index contributed by atoms with van der Waals surface area (Å²) < 4.78 is 1.74. The van der Waals surface area contributed by atoms with Gasteiger partial charge in [0.1, 0.15) is 0 Å². The van der Waals surface area contributed by atoms with Crippen LogP contribution in [0.15, 0.2) is 29.3 Å². The van der Waals surface area contributed by atoms with E-state index in [1.807, 2.05) is 24.5 Å². The number of pyridine rings is 1. The highest BCUT2D eigenvalue weighted by Gasteiger charge is 2.16. The van der Waals surface area contributed by atoms with Crippen molar-refractivity contribution in [3.63, 3.8) is 0 Å². The Kier molecular flexibility index (Phi) is 3.19.